The Morgan fingerprint density at radius 3 is 2.87 bits per heavy atom. The minimum atomic E-state index is 0.122. The number of carbonyl (C=O) groups is 1. The third kappa shape index (κ3) is 4.93. The summed E-state index contributed by atoms with van der Waals surface area (Å²) in [6, 6.07) is 0. The zero-order chi connectivity index (χ0) is 11.3. The molecule has 0 aliphatic rings. The molecule has 0 spiro atoms. The normalized spacial score (nSPS) is 10.7. The molecule has 1 rings (SSSR count). The van der Waals surface area contributed by atoms with Crippen LogP contribution in [0.1, 0.15) is 31.0 Å². The van der Waals surface area contributed by atoms with Crippen molar-refractivity contribution in [1.82, 2.24) is 10.3 Å². The Labute approximate surface area is 94.9 Å². The average molecular weight is 226 g/mol. The van der Waals surface area contributed by atoms with Crippen LogP contribution in [0.15, 0.2) is 5.38 Å². The van der Waals surface area contributed by atoms with Crippen molar-refractivity contribution in [2.24, 2.45) is 5.92 Å². The number of nitrogens with one attached hydrogen (secondary N) is 1. The van der Waals surface area contributed by atoms with E-state index >= 15 is 0 Å². The fourth-order valence-corrected chi connectivity index (χ4v) is 1.92. The number of amides is 1. The van der Waals surface area contributed by atoms with Crippen LogP contribution in [0.25, 0.3) is 0 Å². The molecule has 0 saturated heterocycles. The van der Waals surface area contributed by atoms with E-state index in [-0.39, 0.29) is 5.91 Å². The number of thiazole rings is 1. The fraction of sp³-hybridized carbons (Fsp3) is 0.636. The molecule has 1 amide bonds. The molecule has 0 aromatic carbocycles. The van der Waals surface area contributed by atoms with E-state index in [0.29, 0.717) is 12.3 Å². The molecular formula is C11H18N2OS. The smallest absolute Gasteiger partial charge is 0.220 e. The molecule has 3 nitrogen and oxygen atoms in total. The fourth-order valence-electron chi connectivity index (χ4n) is 1.14. The van der Waals surface area contributed by atoms with E-state index in [1.165, 1.54) is 0 Å². The molecule has 84 valence electrons. The van der Waals surface area contributed by atoms with Gasteiger partial charge in [0.2, 0.25) is 5.91 Å². The quantitative estimate of drug-likeness (QED) is 0.836. The Morgan fingerprint density at radius 2 is 2.33 bits per heavy atom. The number of hydrogen-bond donors (Lipinski definition) is 1. The van der Waals surface area contributed by atoms with Crippen LogP contribution >= 0.6 is 11.3 Å². The third-order valence-electron chi connectivity index (χ3n) is 1.94. The largest absolute Gasteiger partial charge is 0.356 e. The number of aromatic nitrogens is 1. The lowest BCUT2D eigenvalue weighted by Gasteiger charge is -2.06. The van der Waals surface area contributed by atoms with Crippen LogP contribution in [0.2, 0.25) is 0 Å². The summed E-state index contributed by atoms with van der Waals surface area (Å²) in [5.41, 5.74) is 1.04. The number of nitrogens with zero attached hydrogens (tertiary/aromatic N) is 1. The van der Waals surface area contributed by atoms with E-state index in [1.54, 1.807) is 11.3 Å². The maximum atomic E-state index is 11.4. The van der Waals surface area contributed by atoms with E-state index in [4.69, 9.17) is 0 Å². The van der Waals surface area contributed by atoms with Crippen molar-refractivity contribution >= 4 is 17.2 Å². The van der Waals surface area contributed by atoms with Crippen molar-refractivity contribution in [3.63, 3.8) is 0 Å². The summed E-state index contributed by atoms with van der Waals surface area (Å²) in [4.78, 5) is 15.7. The lowest BCUT2D eigenvalue weighted by atomic mass is 10.2. The molecule has 4 heteroatoms. The van der Waals surface area contributed by atoms with Gasteiger partial charge in [0.1, 0.15) is 0 Å². The summed E-state index contributed by atoms with van der Waals surface area (Å²) < 4.78 is 0. The summed E-state index contributed by atoms with van der Waals surface area (Å²) in [6.45, 7) is 6.91. The van der Waals surface area contributed by atoms with Crippen LogP contribution in [-0.4, -0.2) is 17.4 Å². The first-order valence-corrected chi connectivity index (χ1v) is 6.13. The third-order valence-corrected chi connectivity index (χ3v) is 2.97. The maximum absolute atomic E-state index is 11.4. The topological polar surface area (TPSA) is 42.0 Å². The van der Waals surface area contributed by atoms with Gasteiger partial charge >= 0.3 is 0 Å². The maximum Gasteiger partial charge on any atom is 0.220 e. The zero-order valence-electron chi connectivity index (χ0n) is 9.54. The van der Waals surface area contributed by atoms with Gasteiger partial charge in [0.05, 0.1) is 5.01 Å². The molecule has 0 aliphatic carbocycles. The lowest BCUT2D eigenvalue weighted by Crippen LogP contribution is -2.27. The highest BCUT2D eigenvalue weighted by Crippen LogP contribution is 2.10. The molecule has 0 fully saturated rings. The highest BCUT2D eigenvalue weighted by molar-refractivity contribution is 7.09. The summed E-state index contributed by atoms with van der Waals surface area (Å²) in [5.74, 6) is 0.632. The van der Waals surface area contributed by atoms with Gasteiger partial charge in [0, 0.05) is 30.5 Å². The first-order valence-electron chi connectivity index (χ1n) is 5.25. The van der Waals surface area contributed by atoms with Gasteiger partial charge in [0.15, 0.2) is 0 Å². The van der Waals surface area contributed by atoms with Crippen molar-refractivity contribution in [3.05, 3.63) is 16.1 Å². The number of aryl methyl sites for hydroxylation is 2. The summed E-state index contributed by atoms with van der Waals surface area (Å²) >= 11 is 1.62. The van der Waals surface area contributed by atoms with Gasteiger partial charge in [-0.25, -0.2) is 4.98 Å². The molecular weight excluding hydrogens is 208 g/mol. The van der Waals surface area contributed by atoms with E-state index in [0.717, 1.165) is 23.7 Å². The molecule has 1 aromatic heterocycles. The summed E-state index contributed by atoms with van der Waals surface area (Å²) in [5, 5.41) is 5.96. The molecule has 0 atom stereocenters. The standard InChI is InChI=1S/C11H18N2OS/c1-8(2)6-12-10(14)4-5-11-13-9(3)7-15-11/h7-8H,4-6H2,1-3H3,(H,12,14). The van der Waals surface area contributed by atoms with Gasteiger partial charge in [-0.3, -0.25) is 4.79 Å². The summed E-state index contributed by atoms with van der Waals surface area (Å²) in [6.07, 6.45) is 1.29. The van der Waals surface area contributed by atoms with Gasteiger partial charge in [-0.05, 0) is 12.8 Å². The van der Waals surface area contributed by atoms with Crippen molar-refractivity contribution in [2.45, 2.75) is 33.6 Å². The molecule has 15 heavy (non-hydrogen) atoms. The molecule has 1 aromatic rings. The average Bonchev–Trinajstić information content (AvgIpc) is 2.58. The highest BCUT2D eigenvalue weighted by atomic mass is 32.1. The second-order valence-electron chi connectivity index (χ2n) is 4.08. The van der Waals surface area contributed by atoms with Crippen LogP contribution in [-0.2, 0) is 11.2 Å². The first kappa shape index (κ1) is 12.2. The van der Waals surface area contributed by atoms with E-state index in [9.17, 15) is 4.79 Å². The van der Waals surface area contributed by atoms with Crippen molar-refractivity contribution < 1.29 is 4.79 Å². The summed E-state index contributed by atoms with van der Waals surface area (Å²) in [7, 11) is 0. The second kappa shape index (κ2) is 5.85. The van der Waals surface area contributed by atoms with Crippen molar-refractivity contribution in [3.8, 4) is 0 Å². The first-order chi connectivity index (χ1) is 7.08. The molecule has 0 unspecified atom stereocenters. The SMILES string of the molecule is Cc1csc(CCC(=O)NCC(C)C)n1. The van der Waals surface area contributed by atoms with Gasteiger partial charge in [0.25, 0.3) is 0 Å². The molecule has 0 bridgehead atoms. The molecule has 1 heterocycles. The predicted octanol–water partition coefficient (Wildman–Crippen LogP) is 2.16. The van der Waals surface area contributed by atoms with Crippen LogP contribution in [0.4, 0.5) is 0 Å². The zero-order valence-corrected chi connectivity index (χ0v) is 10.4. The Hall–Kier alpha value is -0.900. The van der Waals surface area contributed by atoms with E-state index in [2.05, 4.69) is 24.1 Å². The van der Waals surface area contributed by atoms with Gasteiger partial charge in [-0.15, -0.1) is 11.3 Å². The van der Waals surface area contributed by atoms with Crippen LogP contribution in [0, 0.1) is 12.8 Å². The minimum Gasteiger partial charge on any atom is -0.356 e. The Morgan fingerprint density at radius 1 is 1.60 bits per heavy atom. The lowest BCUT2D eigenvalue weighted by molar-refractivity contribution is -0.121. The van der Waals surface area contributed by atoms with Gasteiger partial charge in [-0.2, -0.15) is 0 Å². The van der Waals surface area contributed by atoms with Crippen LogP contribution < -0.4 is 5.32 Å². The molecule has 1 N–H and O–H groups in total. The van der Waals surface area contributed by atoms with Crippen molar-refractivity contribution in [1.29, 1.82) is 0 Å². The van der Waals surface area contributed by atoms with E-state index < -0.39 is 0 Å². The Balaban J connectivity index is 2.22. The number of hydrogen-bond acceptors (Lipinski definition) is 3. The molecule has 0 aliphatic heterocycles. The Kier molecular flexibility index (Phi) is 4.75. The van der Waals surface area contributed by atoms with Crippen LogP contribution in [0.5, 0.6) is 0 Å². The molecule has 0 radical (unpaired) electrons. The predicted molar refractivity (Wildman–Crippen MR) is 63.0 cm³/mol. The van der Waals surface area contributed by atoms with E-state index in [1.807, 2.05) is 12.3 Å². The van der Waals surface area contributed by atoms with Crippen molar-refractivity contribution in [2.75, 3.05) is 6.54 Å². The highest BCUT2D eigenvalue weighted by Gasteiger charge is 2.04. The second-order valence-corrected chi connectivity index (χ2v) is 5.02. The number of carbonyl (C=O) groups excluding carboxylic acids is 1. The number of rotatable bonds is 5. The monoisotopic (exact) mass is 226 g/mol. The van der Waals surface area contributed by atoms with Crippen LogP contribution in [0.3, 0.4) is 0 Å². The molecule has 0 saturated carbocycles. The van der Waals surface area contributed by atoms with Gasteiger partial charge < -0.3 is 5.32 Å². The minimum absolute atomic E-state index is 0.122. The van der Waals surface area contributed by atoms with Gasteiger partial charge in [-0.1, -0.05) is 13.8 Å². The Bertz CT molecular complexity index is 320.